The van der Waals surface area contributed by atoms with E-state index in [1.54, 1.807) is 18.2 Å². The van der Waals surface area contributed by atoms with E-state index in [4.69, 9.17) is 9.47 Å². The Balaban J connectivity index is 1.92. The topological polar surface area (TPSA) is 82.1 Å². The second-order valence-corrected chi connectivity index (χ2v) is 8.22. The zero-order valence-corrected chi connectivity index (χ0v) is 19.5. The fourth-order valence-corrected chi connectivity index (χ4v) is 4.27. The number of hydrogen-bond acceptors (Lipinski definition) is 7. The highest BCUT2D eigenvalue weighted by atomic mass is 32.2. The summed E-state index contributed by atoms with van der Waals surface area (Å²) in [6, 6.07) is 12.4. The molecule has 0 bridgehead atoms. The number of hydrogen-bond donors (Lipinski definition) is 0. The van der Waals surface area contributed by atoms with Crippen LogP contribution >= 0.6 is 11.8 Å². The first-order chi connectivity index (χ1) is 15.9. The molecule has 0 spiro atoms. The van der Waals surface area contributed by atoms with E-state index in [0.29, 0.717) is 30.1 Å². The second kappa shape index (κ2) is 10.9. The third kappa shape index (κ3) is 5.46. The van der Waals surface area contributed by atoms with Gasteiger partial charge in [0, 0.05) is 5.56 Å². The highest BCUT2D eigenvalue weighted by molar-refractivity contribution is 8.18. The lowest BCUT2D eigenvalue weighted by Gasteiger charge is -2.18. The molecule has 0 radical (unpaired) electrons. The van der Waals surface area contributed by atoms with Gasteiger partial charge in [-0.15, -0.1) is 6.58 Å². The molecule has 172 valence electrons. The van der Waals surface area contributed by atoms with Crippen LogP contribution in [0.3, 0.4) is 0 Å². The molecule has 0 unspecified atom stereocenters. The van der Waals surface area contributed by atoms with Crippen molar-refractivity contribution in [2.75, 3.05) is 14.2 Å². The van der Waals surface area contributed by atoms with Gasteiger partial charge in [0.15, 0.2) is 11.5 Å². The lowest BCUT2D eigenvalue weighted by atomic mass is 10.0. The molecule has 2 aromatic rings. The van der Waals surface area contributed by atoms with Crippen LogP contribution < -0.4 is 9.47 Å². The first kappa shape index (κ1) is 24.1. The quantitative estimate of drug-likeness (QED) is 0.303. The van der Waals surface area contributed by atoms with E-state index in [0.717, 1.165) is 27.8 Å². The number of ether oxygens (including phenoxy) is 3. The fraction of sp³-hybridized carbons (Fsp3) is 0.240. The molecule has 1 aliphatic heterocycles. The van der Waals surface area contributed by atoms with Crippen LogP contribution in [0, 0.1) is 0 Å². The van der Waals surface area contributed by atoms with E-state index in [-0.39, 0.29) is 4.91 Å². The Morgan fingerprint density at radius 3 is 2.55 bits per heavy atom. The molecule has 1 aliphatic rings. The molecule has 3 rings (SSSR count). The molecule has 0 N–H and O–H groups in total. The summed E-state index contributed by atoms with van der Waals surface area (Å²) in [5.74, 6) is -0.116. The number of methoxy groups -OCH3 is 2. The van der Waals surface area contributed by atoms with E-state index in [1.807, 2.05) is 36.4 Å². The summed E-state index contributed by atoms with van der Waals surface area (Å²) in [6.45, 7) is 5.63. The van der Waals surface area contributed by atoms with Crippen molar-refractivity contribution >= 4 is 35.0 Å². The average molecular weight is 468 g/mol. The molecule has 2 amide bonds. The Morgan fingerprint density at radius 1 is 1.18 bits per heavy atom. The van der Waals surface area contributed by atoms with Crippen LogP contribution in [-0.4, -0.2) is 42.3 Å². The fourth-order valence-electron chi connectivity index (χ4n) is 3.36. The number of allylic oxidation sites excluding steroid dienone is 1. The molecule has 33 heavy (non-hydrogen) atoms. The van der Waals surface area contributed by atoms with Crippen LogP contribution in [0.4, 0.5) is 4.79 Å². The molecular formula is C25H25NO6S. The lowest BCUT2D eigenvalue weighted by molar-refractivity contribution is -0.148. The van der Waals surface area contributed by atoms with Crippen LogP contribution in [0.2, 0.25) is 0 Å². The van der Waals surface area contributed by atoms with Gasteiger partial charge in [0.1, 0.15) is 12.6 Å². The summed E-state index contributed by atoms with van der Waals surface area (Å²) in [6.07, 6.45) is 3.87. The minimum Gasteiger partial charge on any atom is -0.493 e. The molecule has 1 fully saturated rings. The predicted molar refractivity (Wildman–Crippen MR) is 127 cm³/mol. The SMILES string of the molecule is C=CCc1cc(/C=C2/SC(=O)N([C@@H](C)C(=O)OC)C2=O)cc(OC)c1OCc1ccccc1. The summed E-state index contributed by atoms with van der Waals surface area (Å²) in [5, 5.41) is -0.523. The Hall–Kier alpha value is -3.52. The lowest BCUT2D eigenvalue weighted by Crippen LogP contribution is -2.42. The number of rotatable bonds is 9. The standard InChI is InChI=1S/C25H25NO6S/c1-5-9-19-12-18(13-20(30-3)22(19)32-15-17-10-7-6-8-11-17)14-21-23(27)26(25(29)33-21)16(2)24(28)31-4/h5-8,10-14,16H,1,9,15H2,2-4H3/b21-14+/t16-/m0/s1. The smallest absolute Gasteiger partial charge is 0.328 e. The minimum atomic E-state index is -1.01. The third-order valence-corrected chi connectivity index (χ3v) is 5.90. The van der Waals surface area contributed by atoms with Crippen molar-refractivity contribution in [2.45, 2.75) is 26.0 Å². The van der Waals surface area contributed by atoms with Crippen LogP contribution in [0.25, 0.3) is 6.08 Å². The molecule has 2 aromatic carbocycles. The number of benzene rings is 2. The number of carbonyl (C=O) groups is 3. The number of nitrogens with zero attached hydrogens (tertiary/aromatic N) is 1. The third-order valence-electron chi connectivity index (χ3n) is 5.02. The molecule has 1 atom stereocenters. The van der Waals surface area contributed by atoms with Crippen molar-refractivity contribution in [3.63, 3.8) is 0 Å². The highest BCUT2D eigenvalue weighted by Gasteiger charge is 2.41. The molecule has 8 heteroatoms. The molecule has 0 aliphatic carbocycles. The average Bonchev–Trinajstić information content (AvgIpc) is 3.10. The van der Waals surface area contributed by atoms with Gasteiger partial charge in [0.25, 0.3) is 11.1 Å². The molecule has 1 heterocycles. The Kier molecular flexibility index (Phi) is 7.95. The van der Waals surface area contributed by atoms with Gasteiger partial charge < -0.3 is 14.2 Å². The Labute approximate surface area is 197 Å². The summed E-state index contributed by atoms with van der Waals surface area (Å²) in [4.78, 5) is 38.1. The van der Waals surface area contributed by atoms with Crippen LogP contribution in [-0.2, 0) is 27.4 Å². The van der Waals surface area contributed by atoms with Crippen molar-refractivity contribution in [2.24, 2.45) is 0 Å². The van der Waals surface area contributed by atoms with Crippen LogP contribution in [0.1, 0.15) is 23.6 Å². The van der Waals surface area contributed by atoms with Crippen molar-refractivity contribution in [1.82, 2.24) is 4.90 Å². The first-order valence-electron chi connectivity index (χ1n) is 10.2. The number of thioether (sulfide) groups is 1. The molecule has 7 nitrogen and oxygen atoms in total. The normalized spacial score (nSPS) is 15.5. The van der Waals surface area contributed by atoms with Crippen molar-refractivity contribution in [1.29, 1.82) is 0 Å². The molecular weight excluding hydrogens is 442 g/mol. The van der Waals surface area contributed by atoms with Crippen LogP contribution in [0.15, 0.2) is 60.0 Å². The van der Waals surface area contributed by atoms with Crippen molar-refractivity contribution < 1.29 is 28.6 Å². The zero-order chi connectivity index (χ0) is 24.0. The van der Waals surface area contributed by atoms with Gasteiger partial charge in [-0.2, -0.15) is 0 Å². The van der Waals surface area contributed by atoms with Gasteiger partial charge in [-0.05, 0) is 54.4 Å². The van der Waals surface area contributed by atoms with E-state index < -0.39 is 23.2 Å². The minimum absolute atomic E-state index is 0.209. The van der Waals surface area contributed by atoms with Gasteiger partial charge in [0.2, 0.25) is 0 Å². The highest BCUT2D eigenvalue weighted by Crippen LogP contribution is 2.38. The number of esters is 1. The monoisotopic (exact) mass is 467 g/mol. The Morgan fingerprint density at radius 2 is 1.91 bits per heavy atom. The van der Waals surface area contributed by atoms with E-state index in [1.165, 1.54) is 21.1 Å². The number of amides is 2. The zero-order valence-electron chi connectivity index (χ0n) is 18.7. The molecule has 1 saturated heterocycles. The largest absolute Gasteiger partial charge is 0.493 e. The maximum Gasteiger partial charge on any atom is 0.328 e. The summed E-state index contributed by atoms with van der Waals surface area (Å²) < 4.78 is 16.3. The van der Waals surface area contributed by atoms with Gasteiger partial charge in [-0.3, -0.25) is 14.5 Å². The predicted octanol–water partition coefficient (Wildman–Crippen LogP) is 4.60. The summed E-state index contributed by atoms with van der Waals surface area (Å²) >= 11 is 0.776. The van der Waals surface area contributed by atoms with Gasteiger partial charge in [-0.25, -0.2) is 4.79 Å². The van der Waals surface area contributed by atoms with Gasteiger partial charge in [-0.1, -0.05) is 36.4 Å². The molecule has 0 saturated carbocycles. The number of imide groups is 1. The summed E-state index contributed by atoms with van der Waals surface area (Å²) in [5.41, 5.74) is 2.50. The van der Waals surface area contributed by atoms with E-state index in [2.05, 4.69) is 11.3 Å². The van der Waals surface area contributed by atoms with Crippen molar-refractivity contribution in [3.05, 3.63) is 76.7 Å². The molecule has 0 aromatic heterocycles. The van der Waals surface area contributed by atoms with E-state index in [9.17, 15) is 14.4 Å². The number of carbonyl (C=O) groups excluding carboxylic acids is 3. The van der Waals surface area contributed by atoms with Gasteiger partial charge >= 0.3 is 5.97 Å². The maximum atomic E-state index is 12.8. The van der Waals surface area contributed by atoms with Crippen molar-refractivity contribution in [3.8, 4) is 11.5 Å². The van der Waals surface area contributed by atoms with E-state index >= 15 is 0 Å². The maximum absolute atomic E-state index is 12.8. The second-order valence-electron chi connectivity index (χ2n) is 7.23. The van der Waals surface area contributed by atoms with Crippen LogP contribution in [0.5, 0.6) is 11.5 Å². The first-order valence-corrected chi connectivity index (χ1v) is 11.0. The Bertz CT molecular complexity index is 1100. The van der Waals surface area contributed by atoms with Gasteiger partial charge in [0.05, 0.1) is 19.1 Å². The summed E-state index contributed by atoms with van der Waals surface area (Å²) in [7, 11) is 2.75.